The Balaban J connectivity index is 0.00000147. The zero-order valence-electron chi connectivity index (χ0n) is 12.0. The Morgan fingerprint density at radius 3 is 3.05 bits per heavy atom. The average Bonchev–Trinajstić information content (AvgIpc) is 2.45. The van der Waals surface area contributed by atoms with Gasteiger partial charge in [-0.1, -0.05) is 25.5 Å². The average molecular weight is 298 g/mol. The molecule has 0 amide bonds. The van der Waals surface area contributed by atoms with E-state index in [9.17, 15) is 5.11 Å². The second kappa shape index (κ2) is 6.68. The number of hydrogen-bond acceptors (Lipinski definition) is 3. The molecule has 0 bridgehead atoms. The first-order valence-electron chi connectivity index (χ1n) is 7.50. The van der Waals surface area contributed by atoms with E-state index in [4.69, 9.17) is 4.74 Å². The predicted octanol–water partition coefficient (Wildman–Crippen LogP) is 3.55. The van der Waals surface area contributed by atoms with E-state index in [1.54, 1.807) is 6.07 Å². The Morgan fingerprint density at radius 1 is 1.40 bits per heavy atom. The van der Waals surface area contributed by atoms with Gasteiger partial charge in [0.05, 0.1) is 6.04 Å². The number of phenols is 1. The van der Waals surface area contributed by atoms with Crippen LogP contribution in [-0.2, 0) is 0 Å². The first kappa shape index (κ1) is 15.5. The van der Waals surface area contributed by atoms with Crippen molar-refractivity contribution in [1.29, 1.82) is 0 Å². The molecule has 3 rings (SSSR count). The Morgan fingerprint density at radius 2 is 2.25 bits per heavy atom. The van der Waals surface area contributed by atoms with Gasteiger partial charge in [-0.2, -0.15) is 0 Å². The van der Waals surface area contributed by atoms with Gasteiger partial charge in [0.2, 0.25) is 0 Å². The van der Waals surface area contributed by atoms with Crippen molar-refractivity contribution in [3.05, 3.63) is 23.8 Å². The Bertz CT molecular complexity index is 452. The summed E-state index contributed by atoms with van der Waals surface area (Å²) in [6, 6.07) is 6.27. The summed E-state index contributed by atoms with van der Waals surface area (Å²) in [6.07, 6.45) is 4.97. The number of unbranched alkanes of at least 4 members (excludes halogenated alkanes) is 1. The summed E-state index contributed by atoms with van der Waals surface area (Å²) in [6.45, 7) is 5.33. The van der Waals surface area contributed by atoms with Gasteiger partial charge in [-0.05, 0) is 38.4 Å². The van der Waals surface area contributed by atoms with Crippen molar-refractivity contribution in [3.63, 3.8) is 0 Å². The van der Waals surface area contributed by atoms with Crippen molar-refractivity contribution < 1.29 is 9.84 Å². The van der Waals surface area contributed by atoms with Crippen molar-refractivity contribution in [3.8, 4) is 11.5 Å². The van der Waals surface area contributed by atoms with Crippen LogP contribution in [0.25, 0.3) is 0 Å². The first-order valence-corrected chi connectivity index (χ1v) is 7.50. The molecule has 2 heterocycles. The van der Waals surface area contributed by atoms with Crippen molar-refractivity contribution in [1.82, 2.24) is 4.90 Å². The molecule has 0 saturated carbocycles. The van der Waals surface area contributed by atoms with E-state index in [1.165, 1.54) is 44.3 Å². The van der Waals surface area contributed by atoms with Crippen molar-refractivity contribution in [2.75, 3.05) is 19.7 Å². The van der Waals surface area contributed by atoms with E-state index < -0.39 is 0 Å². The number of rotatable bonds is 3. The van der Waals surface area contributed by atoms with E-state index in [0.717, 1.165) is 12.4 Å². The fraction of sp³-hybridized carbons (Fsp3) is 0.625. The third-order valence-corrected chi connectivity index (χ3v) is 4.52. The fourth-order valence-corrected chi connectivity index (χ4v) is 3.51. The molecule has 1 saturated heterocycles. The first-order chi connectivity index (χ1) is 9.31. The van der Waals surface area contributed by atoms with Crippen LogP contribution in [0.15, 0.2) is 18.2 Å². The largest absolute Gasteiger partial charge is 0.504 e. The minimum absolute atomic E-state index is 0. The van der Waals surface area contributed by atoms with Crippen LogP contribution in [0.4, 0.5) is 0 Å². The number of ether oxygens (including phenoxy) is 1. The normalized spacial score (nSPS) is 25.1. The lowest BCUT2D eigenvalue weighted by Gasteiger charge is -2.44. The number of benzene rings is 1. The maximum absolute atomic E-state index is 9.92. The van der Waals surface area contributed by atoms with E-state index in [2.05, 4.69) is 17.9 Å². The van der Waals surface area contributed by atoms with Gasteiger partial charge in [-0.25, -0.2) is 0 Å². The van der Waals surface area contributed by atoms with E-state index >= 15 is 0 Å². The maximum atomic E-state index is 9.92. The second-order valence-electron chi connectivity index (χ2n) is 5.71. The highest BCUT2D eigenvalue weighted by Crippen LogP contribution is 2.44. The van der Waals surface area contributed by atoms with Gasteiger partial charge in [0.25, 0.3) is 0 Å². The summed E-state index contributed by atoms with van der Waals surface area (Å²) >= 11 is 0. The topological polar surface area (TPSA) is 32.7 Å². The highest BCUT2D eigenvalue weighted by atomic mass is 35.5. The molecular weight excluding hydrogens is 274 g/mol. The molecule has 1 aromatic rings. The number of nitrogens with zero attached hydrogens (tertiary/aromatic N) is 1. The highest BCUT2D eigenvalue weighted by molar-refractivity contribution is 5.85. The van der Waals surface area contributed by atoms with Crippen LogP contribution in [0.2, 0.25) is 0 Å². The molecule has 0 aromatic heterocycles. The lowest BCUT2D eigenvalue weighted by Crippen LogP contribution is -2.49. The third-order valence-electron chi connectivity index (χ3n) is 4.52. The number of hydrogen-bond donors (Lipinski definition) is 1. The van der Waals surface area contributed by atoms with Gasteiger partial charge in [0.15, 0.2) is 11.5 Å². The summed E-state index contributed by atoms with van der Waals surface area (Å²) in [7, 11) is 0. The SMILES string of the molecule is CCCCN1CCC[C@@H]2c3cccc(O)c3OC[C@@H]21.Cl. The molecule has 2 aliphatic rings. The zero-order chi connectivity index (χ0) is 13.2. The molecule has 3 nitrogen and oxygen atoms in total. The van der Waals surface area contributed by atoms with Gasteiger partial charge in [-0.15, -0.1) is 12.4 Å². The molecule has 4 heteroatoms. The molecule has 1 aromatic carbocycles. The minimum Gasteiger partial charge on any atom is -0.504 e. The Hall–Kier alpha value is -0.930. The van der Waals surface area contributed by atoms with Crippen molar-refractivity contribution in [2.45, 2.75) is 44.6 Å². The van der Waals surface area contributed by atoms with E-state index in [-0.39, 0.29) is 12.4 Å². The van der Waals surface area contributed by atoms with Crippen LogP contribution in [0.3, 0.4) is 0 Å². The quantitative estimate of drug-likeness (QED) is 0.926. The molecule has 1 fully saturated rings. The van der Waals surface area contributed by atoms with E-state index in [0.29, 0.717) is 17.7 Å². The van der Waals surface area contributed by atoms with Crippen LogP contribution in [-0.4, -0.2) is 35.7 Å². The molecule has 0 spiro atoms. The summed E-state index contributed by atoms with van der Waals surface area (Å²) in [5.41, 5.74) is 1.21. The smallest absolute Gasteiger partial charge is 0.164 e. The number of fused-ring (bicyclic) bond motifs is 3. The Kier molecular flexibility index (Phi) is 5.17. The Labute approximate surface area is 127 Å². The monoisotopic (exact) mass is 297 g/mol. The van der Waals surface area contributed by atoms with E-state index in [1.807, 2.05) is 6.07 Å². The number of para-hydroxylation sites is 1. The van der Waals surface area contributed by atoms with Crippen LogP contribution in [0.1, 0.15) is 44.1 Å². The van der Waals surface area contributed by atoms with Crippen molar-refractivity contribution in [2.24, 2.45) is 0 Å². The molecule has 112 valence electrons. The fourth-order valence-electron chi connectivity index (χ4n) is 3.51. The number of phenolic OH excluding ortho intramolecular Hbond substituents is 1. The zero-order valence-corrected chi connectivity index (χ0v) is 12.9. The van der Waals surface area contributed by atoms with Crippen LogP contribution in [0, 0.1) is 0 Å². The molecule has 20 heavy (non-hydrogen) atoms. The molecule has 2 aliphatic heterocycles. The van der Waals surface area contributed by atoms with Crippen molar-refractivity contribution >= 4 is 12.4 Å². The summed E-state index contributed by atoms with van der Waals surface area (Å²) in [5, 5.41) is 9.92. The van der Waals surface area contributed by atoms with Gasteiger partial charge in [0.1, 0.15) is 6.61 Å². The lowest BCUT2D eigenvalue weighted by molar-refractivity contribution is 0.0632. The molecule has 0 unspecified atom stereocenters. The summed E-state index contributed by atoms with van der Waals surface area (Å²) < 4.78 is 5.84. The number of piperidine rings is 1. The summed E-state index contributed by atoms with van der Waals surface area (Å²) in [5.74, 6) is 1.55. The van der Waals surface area contributed by atoms with Gasteiger partial charge in [-0.3, -0.25) is 4.90 Å². The summed E-state index contributed by atoms with van der Waals surface area (Å²) in [4.78, 5) is 2.59. The lowest BCUT2D eigenvalue weighted by atomic mass is 9.81. The van der Waals surface area contributed by atoms with Gasteiger partial charge in [0, 0.05) is 11.5 Å². The molecule has 2 atom stereocenters. The number of aromatic hydroxyl groups is 1. The maximum Gasteiger partial charge on any atom is 0.164 e. The van der Waals surface area contributed by atoms with Crippen LogP contribution >= 0.6 is 12.4 Å². The third kappa shape index (κ3) is 2.75. The number of likely N-dealkylation sites (tertiary alicyclic amines) is 1. The highest BCUT2D eigenvalue weighted by Gasteiger charge is 2.37. The molecule has 0 aliphatic carbocycles. The van der Waals surface area contributed by atoms with Gasteiger partial charge < -0.3 is 9.84 Å². The molecule has 0 radical (unpaired) electrons. The van der Waals surface area contributed by atoms with Crippen LogP contribution < -0.4 is 4.74 Å². The molecular formula is C16H24ClNO2. The van der Waals surface area contributed by atoms with Gasteiger partial charge >= 0.3 is 0 Å². The van der Waals surface area contributed by atoms with Crippen LogP contribution in [0.5, 0.6) is 11.5 Å². The minimum atomic E-state index is 0. The standard InChI is InChI=1S/C16H23NO2.ClH/c1-2-3-9-17-10-5-7-12-13-6-4-8-15(18)16(13)19-11-14(12)17;/h4,6,8,12,14,18H,2-3,5,7,9-11H2,1H3;1H/t12-,14+;/m1./s1. The number of halogens is 1. The molecule has 1 N–H and O–H groups in total. The second-order valence-corrected chi connectivity index (χ2v) is 5.71. The predicted molar refractivity (Wildman–Crippen MR) is 83.1 cm³/mol.